The van der Waals surface area contributed by atoms with Gasteiger partial charge in [0.05, 0.1) is 7.11 Å². The molecule has 0 aromatic heterocycles. The molecule has 0 saturated carbocycles. The number of carbonyl (C=O) groups excluding carboxylic acids is 1. The van der Waals surface area contributed by atoms with Crippen LogP contribution in [0.5, 0.6) is 5.75 Å². The van der Waals surface area contributed by atoms with Crippen LogP contribution in [0.1, 0.15) is 18.1 Å². The van der Waals surface area contributed by atoms with E-state index in [1.165, 1.54) is 6.92 Å². The Bertz CT molecular complexity index is 365. The number of benzene rings is 1. The molecular formula is C12H14O2. The van der Waals surface area contributed by atoms with E-state index in [-0.39, 0.29) is 5.78 Å². The molecule has 1 rings (SSSR count). The van der Waals surface area contributed by atoms with E-state index in [9.17, 15) is 4.79 Å². The first-order valence-electron chi connectivity index (χ1n) is 4.47. The van der Waals surface area contributed by atoms with Crippen molar-refractivity contribution in [2.24, 2.45) is 0 Å². The minimum absolute atomic E-state index is 0.0541. The summed E-state index contributed by atoms with van der Waals surface area (Å²) in [7, 11) is 1.65. The van der Waals surface area contributed by atoms with Crippen molar-refractivity contribution in [2.75, 3.05) is 7.11 Å². The Hall–Kier alpha value is -1.57. The summed E-state index contributed by atoms with van der Waals surface area (Å²) >= 11 is 0. The van der Waals surface area contributed by atoms with Crippen molar-refractivity contribution in [2.45, 2.75) is 13.8 Å². The molecule has 1 aromatic carbocycles. The lowest BCUT2D eigenvalue weighted by Gasteiger charge is -2.04. The van der Waals surface area contributed by atoms with Gasteiger partial charge in [-0.2, -0.15) is 0 Å². The molecule has 0 spiro atoms. The molecule has 0 radical (unpaired) electrons. The summed E-state index contributed by atoms with van der Waals surface area (Å²) < 4.78 is 5.13. The number of ether oxygens (including phenoxy) is 1. The van der Waals surface area contributed by atoms with Crippen LogP contribution in [0.25, 0.3) is 6.08 Å². The molecule has 0 atom stereocenters. The highest BCUT2D eigenvalue weighted by Crippen LogP contribution is 2.18. The van der Waals surface area contributed by atoms with Gasteiger partial charge in [-0.05, 0) is 43.2 Å². The molecule has 0 aliphatic rings. The molecule has 2 nitrogen and oxygen atoms in total. The lowest BCUT2D eigenvalue weighted by Crippen LogP contribution is -1.87. The summed E-state index contributed by atoms with van der Waals surface area (Å²) in [6.45, 7) is 3.51. The highest BCUT2D eigenvalue weighted by atomic mass is 16.5. The fourth-order valence-corrected chi connectivity index (χ4v) is 1.22. The van der Waals surface area contributed by atoms with Gasteiger partial charge >= 0.3 is 0 Å². The van der Waals surface area contributed by atoms with E-state index >= 15 is 0 Å². The van der Waals surface area contributed by atoms with Crippen molar-refractivity contribution in [1.82, 2.24) is 0 Å². The average molecular weight is 190 g/mol. The van der Waals surface area contributed by atoms with Gasteiger partial charge in [0, 0.05) is 0 Å². The topological polar surface area (TPSA) is 26.3 Å². The maximum absolute atomic E-state index is 10.7. The molecule has 0 saturated heterocycles. The molecule has 2 heteroatoms. The Morgan fingerprint density at radius 2 is 2.14 bits per heavy atom. The van der Waals surface area contributed by atoms with Gasteiger partial charge in [0.15, 0.2) is 5.78 Å². The number of aryl methyl sites for hydroxylation is 1. The van der Waals surface area contributed by atoms with Gasteiger partial charge in [-0.25, -0.2) is 0 Å². The van der Waals surface area contributed by atoms with Gasteiger partial charge < -0.3 is 4.74 Å². The summed E-state index contributed by atoms with van der Waals surface area (Å²) in [5, 5.41) is 0. The molecule has 0 fully saturated rings. The molecule has 0 bridgehead atoms. The van der Waals surface area contributed by atoms with E-state index in [0.29, 0.717) is 0 Å². The lowest BCUT2D eigenvalue weighted by molar-refractivity contribution is -0.112. The van der Waals surface area contributed by atoms with Crippen LogP contribution in [-0.4, -0.2) is 12.9 Å². The van der Waals surface area contributed by atoms with Gasteiger partial charge in [-0.15, -0.1) is 0 Å². The molecule has 74 valence electrons. The standard InChI is InChI=1S/C12H14O2/c1-9-8-11(5-4-10(2)13)6-7-12(9)14-3/h4-8H,1-3H3/b5-4+. The molecule has 0 aliphatic heterocycles. The lowest BCUT2D eigenvalue weighted by atomic mass is 10.1. The Balaban J connectivity index is 2.91. The van der Waals surface area contributed by atoms with E-state index in [4.69, 9.17) is 4.74 Å². The van der Waals surface area contributed by atoms with Crippen molar-refractivity contribution in [3.05, 3.63) is 35.4 Å². The van der Waals surface area contributed by atoms with Crippen LogP contribution >= 0.6 is 0 Å². The average Bonchev–Trinajstić information content (AvgIpc) is 2.15. The smallest absolute Gasteiger partial charge is 0.152 e. The van der Waals surface area contributed by atoms with E-state index in [1.54, 1.807) is 19.3 Å². The maximum atomic E-state index is 10.7. The quantitative estimate of drug-likeness (QED) is 0.685. The Kier molecular flexibility index (Phi) is 3.46. The predicted molar refractivity (Wildman–Crippen MR) is 57.4 cm³/mol. The highest BCUT2D eigenvalue weighted by Gasteiger charge is 1.97. The van der Waals surface area contributed by atoms with Crippen LogP contribution in [0, 0.1) is 6.92 Å². The van der Waals surface area contributed by atoms with Crippen LogP contribution < -0.4 is 4.74 Å². The third kappa shape index (κ3) is 2.73. The van der Waals surface area contributed by atoms with Gasteiger partial charge in [0.25, 0.3) is 0 Å². The minimum Gasteiger partial charge on any atom is -0.496 e. The highest BCUT2D eigenvalue weighted by molar-refractivity contribution is 5.91. The molecule has 0 heterocycles. The molecule has 0 unspecified atom stereocenters. The third-order valence-corrected chi connectivity index (χ3v) is 1.93. The molecule has 0 N–H and O–H groups in total. The monoisotopic (exact) mass is 190 g/mol. The van der Waals surface area contributed by atoms with Crippen molar-refractivity contribution < 1.29 is 9.53 Å². The summed E-state index contributed by atoms with van der Waals surface area (Å²) in [5.74, 6) is 0.920. The SMILES string of the molecule is COc1ccc(/C=C/C(C)=O)cc1C. The molecule has 1 aromatic rings. The van der Waals surface area contributed by atoms with Crippen molar-refractivity contribution in [3.8, 4) is 5.75 Å². The van der Waals surface area contributed by atoms with Gasteiger partial charge in [0.1, 0.15) is 5.75 Å². The maximum Gasteiger partial charge on any atom is 0.152 e. The summed E-state index contributed by atoms with van der Waals surface area (Å²) in [4.78, 5) is 10.7. The van der Waals surface area contributed by atoms with Crippen LogP contribution in [0.3, 0.4) is 0 Å². The number of hydrogen-bond acceptors (Lipinski definition) is 2. The molecular weight excluding hydrogens is 176 g/mol. The molecule has 0 amide bonds. The second kappa shape index (κ2) is 4.61. The summed E-state index contributed by atoms with van der Waals surface area (Å²) in [6, 6.07) is 5.80. The zero-order valence-corrected chi connectivity index (χ0v) is 8.70. The van der Waals surface area contributed by atoms with Gasteiger partial charge in [-0.3, -0.25) is 4.79 Å². The number of rotatable bonds is 3. The zero-order valence-electron chi connectivity index (χ0n) is 8.70. The number of carbonyl (C=O) groups is 1. The third-order valence-electron chi connectivity index (χ3n) is 1.93. The fraction of sp³-hybridized carbons (Fsp3) is 0.250. The number of hydrogen-bond donors (Lipinski definition) is 0. The van der Waals surface area contributed by atoms with E-state index in [1.807, 2.05) is 25.1 Å². The first-order valence-corrected chi connectivity index (χ1v) is 4.47. The van der Waals surface area contributed by atoms with Gasteiger partial charge in [-0.1, -0.05) is 12.1 Å². The fourth-order valence-electron chi connectivity index (χ4n) is 1.22. The molecule has 14 heavy (non-hydrogen) atoms. The van der Waals surface area contributed by atoms with Crippen LogP contribution in [0.2, 0.25) is 0 Å². The summed E-state index contributed by atoms with van der Waals surface area (Å²) in [6.07, 6.45) is 3.36. The van der Waals surface area contributed by atoms with Crippen LogP contribution in [0.15, 0.2) is 24.3 Å². The second-order valence-electron chi connectivity index (χ2n) is 3.17. The normalized spacial score (nSPS) is 10.5. The largest absolute Gasteiger partial charge is 0.496 e. The van der Waals surface area contributed by atoms with Crippen LogP contribution in [-0.2, 0) is 4.79 Å². The second-order valence-corrected chi connectivity index (χ2v) is 3.17. The first kappa shape index (κ1) is 10.5. The Labute approximate surface area is 84.2 Å². The predicted octanol–water partition coefficient (Wildman–Crippen LogP) is 2.61. The Morgan fingerprint density at radius 3 is 2.64 bits per heavy atom. The molecule has 0 aliphatic carbocycles. The number of ketones is 1. The van der Waals surface area contributed by atoms with Gasteiger partial charge in [0.2, 0.25) is 0 Å². The van der Waals surface area contributed by atoms with E-state index < -0.39 is 0 Å². The summed E-state index contributed by atoms with van der Waals surface area (Å²) in [5.41, 5.74) is 2.08. The number of methoxy groups -OCH3 is 1. The van der Waals surface area contributed by atoms with Crippen molar-refractivity contribution >= 4 is 11.9 Å². The van der Waals surface area contributed by atoms with Crippen molar-refractivity contribution in [1.29, 1.82) is 0 Å². The van der Waals surface area contributed by atoms with E-state index in [2.05, 4.69) is 0 Å². The number of allylic oxidation sites excluding steroid dienone is 1. The minimum atomic E-state index is 0.0541. The van der Waals surface area contributed by atoms with E-state index in [0.717, 1.165) is 16.9 Å². The zero-order chi connectivity index (χ0) is 10.6. The Morgan fingerprint density at radius 1 is 1.43 bits per heavy atom. The van der Waals surface area contributed by atoms with Crippen molar-refractivity contribution in [3.63, 3.8) is 0 Å². The van der Waals surface area contributed by atoms with Crippen LogP contribution in [0.4, 0.5) is 0 Å². The first-order chi connectivity index (χ1) is 6.63.